The molecule has 0 amide bonds. The Morgan fingerprint density at radius 3 is 2.37 bits per heavy atom. The van der Waals surface area contributed by atoms with Gasteiger partial charge in [0.15, 0.2) is 0 Å². The van der Waals surface area contributed by atoms with E-state index in [0.29, 0.717) is 25.3 Å². The maximum atomic E-state index is 9.97. The van der Waals surface area contributed by atoms with Crippen molar-refractivity contribution in [1.29, 1.82) is 0 Å². The smallest absolute Gasteiger partial charge is 0.0897 e. The number of hydrogen-bond acceptors (Lipinski definition) is 3. The molecule has 3 nitrogen and oxygen atoms in total. The molecule has 3 heteroatoms. The third kappa shape index (κ3) is 5.41. The summed E-state index contributed by atoms with van der Waals surface area (Å²) in [6.07, 6.45) is 8.77. The lowest BCUT2D eigenvalue weighted by atomic mass is 9.89. The quantitative estimate of drug-likeness (QED) is 0.779. The lowest BCUT2D eigenvalue weighted by Gasteiger charge is -2.27. The van der Waals surface area contributed by atoms with Crippen LogP contribution >= 0.6 is 0 Å². The number of aliphatic hydroxyl groups is 1. The van der Waals surface area contributed by atoms with Gasteiger partial charge in [-0.1, -0.05) is 13.8 Å². The standard InChI is InChI=1S/C16H31NO2/c1-12-4-7-16(8-5-12)19-11-15(18)10-17-14-6-3-13(2)9-14/h12-18H,3-11H2,1-2H3. The van der Waals surface area contributed by atoms with Gasteiger partial charge in [0.1, 0.15) is 0 Å². The molecule has 0 heterocycles. The average Bonchev–Trinajstić information content (AvgIpc) is 2.81. The summed E-state index contributed by atoms with van der Waals surface area (Å²) in [6, 6.07) is 0.611. The van der Waals surface area contributed by atoms with Crippen LogP contribution in [0.2, 0.25) is 0 Å². The predicted molar refractivity (Wildman–Crippen MR) is 78.2 cm³/mol. The van der Waals surface area contributed by atoms with Gasteiger partial charge < -0.3 is 15.2 Å². The molecule has 0 spiro atoms. The van der Waals surface area contributed by atoms with Crippen molar-refractivity contribution in [3.63, 3.8) is 0 Å². The number of nitrogens with one attached hydrogen (secondary N) is 1. The van der Waals surface area contributed by atoms with Crippen molar-refractivity contribution in [2.45, 2.75) is 77.0 Å². The van der Waals surface area contributed by atoms with Crippen LogP contribution in [-0.2, 0) is 4.74 Å². The summed E-state index contributed by atoms with van der Waals surface area (Å²) in [5.41, 5.74) is 0. The number of rotatable bonds is 6. The van der Waals surface area contributed by atoms with E-state index in [1.165, 1.54) is 44.9 Å². The maximum Gasteiger partial charge on any atom is 0.0897 e. The number of ether oxygens (including phenoxy) is 1. The van der Waals surface area contributed by atoms with Crippen LogP contribution in [0.3, 0.4) is 0 Å². The Hall–Kier alpha value is -0.120. The Balaban J connectivity index is 1.53. The highest BCUT2D eigenvalue weighted by Gasteiger charge is 2.22. The van der Waals surface area contributed by atoms with E-state index in [4.69, 9.17) is 4.74 Å². The van der Waals surface area contributed by atoms with E-state index in [9.17, 15) is 5.11 Å². The molecule has 0 aromatic heterocycles. The summed E-state index contributed by atoms with van der Waals surface area (Å²) in [5, 5.41) is 13.4. The zero-order valence-corrected chi connectivity index (χ0v) is 12.6. The van der Waals surface area contributed by atoms with Crippen LogP contribution in [0.5, 0.6) is 0 Å². The fourth-order valence-corrected chi connectivity index (χ4v) is 3.40. The minimum absolute atomic E-state index is 0.352. The minimum Gasteiger partial charge on any atom is -0.389 e. The van der Waals surface area contributed by atoms with Crippen LogP contribution in [0.25, 0.3) is 0 Å². The summed E-state index contributed by atoms with van der Waals surface area (Å²) < 4.78 is 5.84. The van der Waals surface area contributed by atoms with Crippen molar-refractivity contribution < 1.29 is 9.84 Å². The van der Waals surface area contributed by atoms with E-state index >= 15 is 0 Å². The molecule has 0 aromatic carbocycles. The van der Waals surface area contributed by atoms with E-state index in [1.807, 2.05) is 0 Å². The summed E-state index contributed by atoms with van der Waals surface area (Å²) in [7, 11) is 0. The van der Waals surface area contributed by atoms with Crippen LogP contribution in [0.15, 0.2) is 0 Å². The number of hydrogen-bond donors (Lipinski definition) is 2. The first-order valence-electron chi connectivity index (χ1n) is 8.16. The highest BCUT2D eigenvalue weighted by Crippen LogP contribution is 2.26. The van der Waals surface area contributed by atoms with Gasteiger partial charge >= 0.3 is 0 Å². The molecule has 3 atom stereocenters. The first-order valence-corrected chi connectivity index (χ1v) is 8.16. The lowest BCUT2D eigenvalue weighted by Crippen LogP contribution is -2.37. The molecular weight excluding hydrogens is 238 g/mol. The zero-order valence-electron chi connectivity index (χ0n) is 12.6. The van der Waals surface area contributed by atoms with Gasteiger partial charge in [-0.15, -0.1) is 0 Å². The van der Waals surface area contributed by atoms with Crippen LogP contribution in [-0.4, -0.2) is 36.5 Å². The molecule has 0 aromatic rings. The van der Waals surface area contributed by atoms with Crippen molar-refractivity contribution in [2.24, 2.45) is 11.8 Å². The SMILES string of the molecule is CC1CCC(OCC(O)CNC2CCC(C)C2)CC1. The fraction of sp³-hybridized carbons (Fsp3) is 1.00. The number of aliphatic hydroxyl groups excluding tert-OH is 1. The molecule has 2 fully saturated rings. The Morgan fingerprint density at radius 1 is 1.05 bits per heavy atom. The largest absolute Gasteiger partial charge is 0.389 e. The van der Waals surface area contributed by atoms with Crippen LogP contribution in [0, 0.1) is 11.8 Å². The van der Waals surface area contributed by atoms with Crippen molar-refractivity contribution in [2.75, 3.05) is 13.2 Å². The molecule has 2 saturated carbocycles. The van der Waals surface area contributed by atoms with E-state index in [2.05, 4.69) is 19.2 Å². The van der Waals surface area contributed by atoms with Gasteiger partial charge in [-0.25, -0.2) is 0 Å². The second-order valence-electron chi connectivity index (χ2n) is 6.89. The molecule has 2 rings (SSSR count). The Kier molecular flexibility index (Phi) is 6.11. The topological polar surface area (TPSA) is 41.5 Å². The van der Waals surface area contributed by atoms with E-state index in [-0.39, 0.29) is 6.10 Å². The molecule has 19 heavy (non-hydrogen) atoms. The van der Waals surface area contributed by atoms with Crippen molar-refractivity contribution in [1.82, 2.24) is 5.32 Å². The molecule has 3 unspecified atom stereocenters. The molecule has 2 aliphatic rings. The second kappa shape index (κ2) is 7.61. The van der Waals surface area contributed by atoms with Gasteiger partial charge in [-0.2, -0.15) is 0 Å². The van der Waals surface area contributed by atoms with Crippen molar-refractivity contribution in [3.05, 3.63) is 0 Å². The molecule has 2 N–H and O–H groups in total. The van der Waals surface area contributed by atoms with Gasteiger partial charge in [0.2, 0.25) is 0 Å². The zero-order chi connectivity index (χ0) is 13.7. The highest BCUT2D eigenvalue weighted by atomic mass is 16.5. The Labute approximate surface area is 118 Å². The summed E-state index contributed by atoms with van der Waals surface area (Å²) in [5.74, 6) is 1.70. The lowest BCUT2D eigenvalue weighted by molar-refractivity contribution is -0.0283. The molecule has 2 aliphatic carbocycles. The van der Waals surface area contributed by atoms with E-state index in [1.54, 1.807) is 0 Å². The molecule has 0 aliphatic heterocycles. The summed E-state index contributed by atoms with van der Waals surface area (Å²) >= 11 is 0. The first kappa shape index (κ1) is 15.3. The van der Waals surface area contributed by atoms with Crippen molar-refractivity contribution in [3.8, 4) is 0 Å². The molecular formula is C16H31NO2. The van der Waals surface area contributed by atoms with Crippen molar-refractivity contribution >= 4 is 0 Å². The van der Waals surface area contributed by atoms with Gasteiger partial charge in [0.25, 0.3) is 0 Å². The second-order valence-corrected chi connectivity index (χ2v) is 6.89. The van der Waals surface area contributed by atoms with Gasteiger partial charge in [-0.05, 0) is 56.8 Å². The van der Waals surface area contributed by atoms with Gasteiger partial charge in [-0.3, -0.25) is 0 Å². The third-order valence-electron chi connectivity index (χ3n) is 4.82. The van der Waals surface area contributed by atoms with Crippen LogP contribution < -0.4 is 5.32 Å². The summed E-state index contributed by atoms with van der Waals surface area (Å²) in [4.78, 5) is 0. The maximum absolute atomic E-state index is 9.97. The normalized spacial score (nSPS) is 37.4. The molecule has 112 valence electrons. The molecule has 0 radical (unpaired) electrons. The van der Waals surface area contributed by atoms with E-state index in [0.717, 1.165) is 11.8 Å². The Bertz CT molecular complexity index is 251. The minimum atomic E-state index is -0.352. The fourth-order valence-electron chi connectivity index (χ4n) is 3.40. The van der Waals surface area contributed by atoms with Gasteiger partial charge in [0, 0.05) is 12.6 Å². The third-order valence-corrected chi connectivity index (χ3v) is 4.82. The average molecular weight is 269 g/mol. The Morgan fingerprint density at radius 2 is 1.74 bits per heavy atom. The highest BCUT2D eigenvalue weighted by molar-refractivity contribution is 4.79. The van der Waals surface area contributed by atoms with Crippen LogP contribution in [0.1, 0.15) is 58.8 Å². The molecule has 0 bridgehead atoms. The van der Waals surface area contributed by atoms with Gasteiger partial charge in [0.05, 0.1) is 18.8 Å². The summed E-state index contributed by atoms with van der Waals surface area (Å²) in [6.45, 7) is 5.80. The molecule has 0 saturated heterocycles. The van der Waals surface area contributed by atoms with Crippen LogP contribution in [0.4, 0.5) is 0 Å². The monoisotopic (exact) mass is 269 g/mol. The first-order chi connectivity index (χ1) is 9.13. The van der Waals surface area contributed by atoms with E-state index < -0.39 is 0 Å². The predicted octanol–water partition coefficient (Wildman–Crippen LogP) is 2.72.